The molecule has 3 nitrogen and oxygen atoms in total. The van der Waals surface area contributed by atoms with E-state index in [1.54, 1.807) is 31.3 Å². The molecule has 0 bridgehead atoms. The number of aryl methyl sites for hydroxylation is 1. The summed E-state index contributed by atoms with van der Waals surface area (Å²) in [5.74, 6) is -0.0587. The number of hydrogen-bond acceptors (Lipinski definition) is 2. The van der Waals surface area contributed by atoms with E-state index in [4.69, 9.17) is 0 Å². The van der Waals surface area contributed by atoms with E-state index >= 15 is 0 Å². The summed E-state index contributed by atoms with van der Waals surface area (Å²) in [6.07, 6.45) is -1.26. The molecule has 0 aliphatic carbocycles. The Morgan fingerprint density at radius 1 is 1.28 bits per heavy atom. The summed E-state index contributed by atoms with van der Waals surface area (Å²) in [6.45, 7) is 1.46. The van der Waals surface area contributed by atoms with Crippen LogP contribution in [0, 0.1) is 0 Å². The smallest absolute Gasteiger partial charge is 0.267 e. The number of benzene rings is 1. The van der Waals surface area contributed by atoms with Crippen LogP contribution in [0.25, 0.3) is 11.3 Å². The molecule has 0 fully saturated rings. The van der Waals surface area contributed by atoms with Crippen molar-refractivity contribution < 1.29 is 13.6 Å². The maximum absolute atomic E-state index is 12.8. The highest BCUT2D eigenvalue weighted by Gasteiger charge is 2.18. The summed E-state index contributed by atoms with van der Waals surface area (Å²) in [4.78, 5) is 11.1. The lowest BCUT2D eigenvalue weighted by Gasteiger charge is -2.02. The quantitative estimate of drug-likeness (QED) is 0.784. The number of carbonyl (C=O) groups excluding carboxylic acids is 1. The topological polar surface area (TPSA) is 34.9 Å². The standard InChI is InChI=1S/C13H12F2N2O/c1-8(18)9-3-5-10(6-4-9)12-11(13(14)15)7-17(2)16-12/h3-7,13H,1-2H3. The monoisotopic (exact) mass is 250 g/mol. The second-order valence-corrected chi connectivity index (χ2v) is 4.04. The molecule has 2 aromatic rings. The predicted molar refractivity (Wildman–Crippen MR) is 63.6 cm³/mol. The lowest BCUT2D eigenvalue weighted by atomic mass is 10.0. The highest BCUT2D eigenvalue weighted by atomic mass is 19.3. The molecule has 0 spiro atoms. The van der Waals surface area contributed by atoms with Crippen molar-refractivity contribution in [2.45, 2.75) is 13.3 Å². The third kappa shape index (κ3) is 2.30. The molecule has 0 amide bonds. The number of ketones is 1. The van der Waals surface area contributed by atoms with Crippen molar-refractivity contribution in [3.05, 3.63) is 41.6 Å². The zero-order valence-electron chi connectivity index (χ0n) is 10.0. The fourth-order valence-corrected chi connectivity index (χ4v) is 1.75. The average Bonchev–Trinajstić information content (AvgIpc) is 2.71. The molecule has 0 saturated carbocycles. The molecule has 1 aromatic carbocycles. The van der Waals surface area contributed by atoms with Crippen LogP contribution in [0.2, 0.25) is 0 Å². The van der Waals surface area contributed by atoms with Crippen LogP contribution in [-0.2, 0) is 7.05 Å². The van der Waals surface area contributed by atoms with Gasteiger partial charge in [0.25, 0.3) is 6.43 Å². The second-order valence-electron chi connectivity index (χ2n) is 4.04. The number of Topliss-reactive ketones (excluding diaryl/α,β-unsaturated/α-hetero) is 1. The number of rotatable bonds is 3. The Balaban J connectivity index is 2.45. The van der Waals surface area contributed by atoms with Gasteiger partial charge in [-0.2, -0.15) is 5.10 Å². The summed E-state index contributed by atoms with van der Waals surface area (Å²) in [5.41, 5.74) is 1.28. The van der Waals surface area contributed by atoms with Gasteiger partial charge in [-0.3, -0.25) is 9.48 Å². The van der Waals surface area contributed by atoms with Crippen LogP contribution in [0.5, 0.6) is 0 Å². The average molecular weight is 250 g/mol. The molecule has 5 heteroatoms. The van der Waals surface area contributed by atoms with Crippen LogP contribution in [0.15, 0.2) is 30.5 Å². The van der Waals surface area contributed by atoms with E-state index < -0.39 is 6.43 Å². The minimum absolute atomic E-state index is 0.0587. The lowest BCUT2D eigenvalue weighted by molar-refractivity contribution is 0.101. The van der Waals surface area contributed by atoms with Crippen molar-refractivity contribution in [3.63, 3.8) is 0 Å². The lowest BCUT2D eigenvalue weighted by Crippen LogP contribution is -1.92. The molecule has 0 N–H and O–H groups in total. The molecule has 18 heavy (non-hydrogen) atoms. The minimum Gasteiger partial charge on any atom is -0.295 e. The van der Waals surface area contributed by atoms with Crippen LogP contribution in [0.1, 0.15) is 29.3 Å². The van der Waals surface area contributed by atoms with E-state index in [0.29, 0.717) is 11.1 Å². The molecule has 0 atom stereocenters. The van der Waals surface area contributed by atoms with E-state index in [0.717, 1.165) is 0 Å². The molecular formula is C13H12F2N2O. The van der Waals surface area contributed by atoms with Crippen molar-refractivity contribution in [1.82, 2.24) is 9.78 Å². The normalized spacial score (nSPS) is 10.9. The SMILES string of the molecule is CC(=O)c1ccc(-c2nn(C)cc2C(F)F)cc1. The van der Waals surface area contributed by atoms with Crippen LogP contribution in [0.3, 0.4) is 0 Å². The Hall–Kier alpha value is -2.04. The molecule has 1 heterocycles. The Kier molecular flexibility index (Phi) is 3.23. The summed E-state index contributed by atoms with van der Waals surface area (Å²) < 4.78 is 27.0. The first-order chi connectivity index (χ1) is 8.49. The Morgan fingerprint density at radius 2 is 1.89 bits per heavy atom. The number of halogens is 2. The molecule has 0 aliphatic rings. The maximum Gasteiger partial charge on any atom is 0.267 e. The first-order valence-electron chi connectivity index (χ1n) is 5.42. The van der Waals surface area contributed by atoms with Gasteiger partial charge in [-0.25, -0.2) is 8.78 Å². The second kappa shape index (κ2) is 4.68. The van der Waals surface area contributed by atoms with Gasteiger partial charge < -0.3 is 0 Å². The zero-order chi connectivity index (χ0) is 13.3. The number of carbonyl (C=O) groups is 1. The van der Waals surface area contributed by atoms with Crippen molar-refractivity contribution >= 4 is 5.78 Å². The number of hydrogen-bond donors (Lipinski definition) is 0. The minimum atomic E-state index is -2.57. The van der Waals surface area contributed by atoms with E-state index in [1.807, 2.05) is 0 Å². The Bertz CT molecular complexity index is 573. The van der Waals surface area contributed by atoms with Crippen LogP contribution < -0.4 is 0 Å². The number of nitrogens with zero attached hydrogens (tertiary/aromatic N) is 2. The van der Waals surface area contributed by atoms with Gasteiger partial charge in [-0.1, -0.05) is 24.3 Å². The Morgan fingerprint density at radius 3 is 2.39 bits per heavy atom. The van der Waals surface area contributed by atoms with Gasteiger partial charge in [0, 0.05) is 24.4 Å². The summed E-state index contributed by atoms with van der Waals surface area (Å²) >= 11 is 0. The van der Waals surface area contributed by atoms with Crippen LogP contribution in [0.4, 0.5) is 8.78 Å². The third-order valence-electron chi connectivity index (χ3n) is 2.66. The van der Waals surface area contributed by atoms with Crippen molar-refractivity contribution in [2.24, 2.45) is 7.05 Å². The van der Waals surface area contributed by atoms with E-state index in [-0.39, 0.29) is 17.0 Å². The fraction of sp³-hybridized carbons (Fsp3) is 0.231. The largest absolute Gasteiger partial charge is 0.295 e. The van der Waals surface area contributed by atoms with Crippen molar-refractivity contribution in [1.29, 1.82) is 0 Å². The molecule has 0 aliphatic heterocycles. The molecular weight excluding hydrogens is 238 g/mol. The first-order valence-corrected chi connectivity index (χ1v) is 5.42. The molecule has 0 radical (unpaired) electrons. The van der Waals surface area contributed by atoms with Crippen molar-refractivity contribution in [3.8, 4) is 11.3 Å². The predicted octanol–water partition coefficient (Wildman–Crippen LogP) is 3.23. The van der Waals surface area contributed by atoms with Gasteiger partial charge >= 0.3 is 0 Å². The highest BCUT2D eigenvalue weighted by molar-refractivity contribution is 5.94. The molecule has 94 valence electrons. The van der Waals surface area contributed by atoms with Crippen LogP contribution in [-0.4, -0.2) is 15.6 Å². The fourth-order valence-electron chi connectivity index (χ4n) is 1.75. The molecule has 2 rings (SSSR count). The van der Waals surface area contributed by atoms with Gasteiger partial charge in [0.05, 0.1) is 5.56 Å². The van der Waals surface area contributed by atoms with Crippen molar-refractivity contribution in [2.75, 3.05) is 0 Å². The highest BCUT2D eigenvalue weighted by Crippen LogP contribution is 2.29. The number of aromatic nitrogens is 2. The summed E-state index contributed by atoms with van der Waals surface area (Å²) in [6, 6.07) is 6.49. The van der Waals surface area contributed by atoms with Crippen LogP contribution >= 0.6 is 0 Å². The van der Waals surface area contributed by atoms with E-state index in [9.17, 15) is 13.6 Å². The molecule has 0 unspecified atom stereocenters. The van der Waals surface area contributed by atoms with Gasteiger partial charge in [0.2, 0.25) is 0 Å². The molecule has 1 aromatic heterocycles. The molecule has 0 saturated heterocycles. The van der Waals surface area contributed by atoms with Gasteiger partial charge in [-0.15, -0.1) is 0 Å². The van der Waals surface area contributed by atoms with Gasteiger partial charge in [-0.05, 0) is 6.92 Å². The summed E-state index contributed by atoms with van der Waals surface area (Å²) in [7, 11) is 1.60. The van der Waals surface area contributed by atoms with Gasteiger partial charge in [0.15, 0.2) is 5.78 Å². The first kappa shape index (κ1) is 12.4. The Labute approximate surface area is 103 Å². The number of alkyl halides is 2. The van der Waals surface area contributed by atoms with E-state index in [1.165, 1.54) is 17.8 Å². The maximum atomic E-state index is 12.8. The van der Waals surface area contributed by atoms with E-state index in [2.05, 4.69) is 5.10 Å². The zero-order valence-corrected chi connectivity index (χ0v) is 10.0. The summed E-state index contributed by atoms with van der Waals surface area (Å²) in [5, 5.41) is 4.03. The van der Waals surface area contributed by atoms with Gasteiger partial charge in [0.1, 0.15) is 5.69 Å². The third-order valence-corrected chi connectivity index (χ3v) is 2.66.